The Bertz CT molecular complexity index is 196. The molecule has 2 unspecified atom stereocenters. The van der Waals surface area contributed by atoms with Gasteiger partial charge >= 0.3 is 0 Å². The Morgan fingerprint density at radius 1 is 1.47 bits per heavy atom. The minimum absolute atomic E-state index is 0.0176. The molecule has 1 amide bonds. The average Bonchev–Trinajstić information content (AvgIpc) is 2.64. The Hall–Kier alpha value is -0.610. The van der Waals surface area contributed by atoms with Crippen LogP contribution in [-0.4, -0.2) is 36.9 Å². The van der Waals surface area contributed by atoms with Crippen molar-refractivity contribution >= 4 is 5.91 Å². The van der Waals surface area contributed by atoms with Crippen molar-refractivity contribution in [2.75, 3.05) is 19.8 Å². The number of hydrogen-bond acceptors (Lipinski definition) is 3. The maximum absolute atomic E-state index is 11.6. The second-order valence-electron chi connectivity index (χ2n) is 4.13. The molecule has 88 valence electrons. The topological polar surface area (TPSA) is 58.6 Å². The summed E-state index contributed by atoms with van der Waals surface area (Å²) in [5.74, 6) is 0.353. The monoisotopic (exact) mass is 215 g/mol. The first-order valence-electron chi connectivity index (χ1n) is 5.76. The Morgan fingerprint density at radius 2 is 2.27 bits per heavy atom. The molecule has 2 N–H and O–H groups in total. The normalized spacial score (nSPS) is 25.5. The summed E-state index contributed by atoms with van der Waals surface area (Å²) in [6.07, 6.45) is 3.42. The summed E-state index contributed by atoms with van der Waals surface area (Å²) < 4.78 is 5.35. The number of hydrogen-bond donors (Lipinski definition) is 2. The summed E-state index contributed by atoms with van der Waals surface area (Å²) in [5, 5.41) is 11.4. The first kappa shape index (κ1) is 12.5. The fraction of sp³-hybridized carbons (Fsp3) is 0.909. The Kier molecular flexibility index (Phi) is 5.65. The lowest BCUT2D eigenvalue weighted by atomic mass is 10.0. The lowest BCUT2D eigenvalue weighted by molar-refractivity contribution is -0.131. The van der Waals surface area contributed by atoms with Crippen LogP contribution in [0, 0.1) is 5.92 Å². The van der Waals surface area contributed by atoms with Crippen molar-refractivity contribution in [3.05, 3.63) is 0 Å². The molecule has 1 saturated heterocycles. The van der Waals surface area contributed by atoms with Crippen LogP contribution in [0.4, 0.5) is 0 Å². The zero-order valence-corrected chi connectivity index (χ0v) is 9.37. The Labute approximate surface area is 91.0 Å². The number of unbranched alkanes of at least 4 members (excludes halogenated alkanes) is 2. The number of aliphatic hydroxyl groups excluding tert-OH is 1. The summed E-state index contributed by atoms with van der Waals surface area (Å²) >= 11 is 0. The Balaban J connectivity index is 2.08. The molecule has 0 aliphatic carbocycles. The highest BCUT2D eigenvalue weighted by molar-refractivity contribution is 5.81. The van der Waals surface area contributed by atoms with Crippen LogP contribution in [-0.2, 0) is 9.53 Å². The number of rotatable bonds is 6. The van der Waals surface area contributed by atoms with Gasteiger partial charge < -0.3 is 15.2 Å². The van der Waals surface area contributed by atoms with E-state index in [0.29, 0.717) is 19.1 Å². The molecule has 0 radical (unpaired) electrons. The summed E-state index contributed by atoms with van der Waals surface area (Å²) in [6, 6.07) is 0. The fourth-order valence-corrected chi connectivity index (χ4v) is 1.76. The number of ether oxygens (including phenoxy) is 1. The van der Waals surface area contributed by atoms with Crippen molar-refractivity contribution in [1.82, 2.24) is 5.32 Å². The predicted octanol–water partition coefficient (Wildman–Crippen LogP) is 0.690. The van der Waals surface area contributed by atoms with Crippen molar-refractivity contribution in [1.29, 1.82) is 0 Å². The third-order valence-corrected chi connectivity index (χ3v) is 2.78. The van der Waals surface area contributed by atoms with Crippen LogP contribution in [0.2, 0.25) is 0 Å². The maximum Gasteiger partial charge on any atom is 0.249 e. The number of carbonyl (C=O) groups is 1. The van der Waals surface area contributed by atoms with Crippen molar-refractivity contribution < 1.29 is 14.6 Å². The summed E-state index contributed by atoms with van der Waals surface area (Å²) in [6.45, 7) is 3.66. The van der Waals surface area contributed by atoms with Gasteiger partial charge in [0.25, 0.3) is 0 Å². The van der Waals surface area contributed by atoms with E-state index in [-0.39, 0.29) is 18.6 Å². The van der Waals surface area contributed by atoms with E-state index in [1.54, 1.807) is 0 Å². The molecule has 0 bridgehead atoms. The maximum atomic E-state index is 11.6. The molecule has 0 spiro atoms. The lowest BCUT2D eigenvalue weighted by Crippen LogP contribution is -2.37. The van der Waals surface area contributed by atoms with Gasteiger partial charge in [0, 0.05) is 19.8 Å². The van der Waals surface area contributed by atoms with Crippen molar-refractivity contribution in [2.24, 2.45) is 5.92 Å². The second kappa shape index (κ2) is 6.80. The molecular weight excluding hydrogens is 194 g/mol. The largest absolute Gasteiger partial charge is 0.396 e. The van der Waals surface area contributed by atoms with E-state index in [0.717, 1.165) is 25.7 Å². The summed E-state index contributed by atoms with van der Waals surface area (Å²) in [5.41, 5.74) is 0. The van der Waals surface area contributed by atoms with Gasteiger partial charge in [0.2, 0.25) is 5.91 Å². The third-order valence-electron chi connectivity index (χ3n) is 2.78. The molecule has 1 fully saturated rings. The van der Waals surface area contributed by atoms with Gasteiger partial charge in [0.1, 0.15) is 6.10 Å². The van der Waals surface area contributed by atoms with Crippen LogP contribution in [0.15, 0.2) is 0 Å². The summed E-state index contributed by atoms with van der Waals surface area (Å²) in [7, 11) is 0. The first-order chi connectivity index (χ1) is 7.25. The molecule has 4 nitrogen and oxygen atoms in total. The average molecular weight is 215 g/mol. The predicted molar refractivity (Wildman–Crippen MR) is 57.5 cm³/mol. The van der Waals surface area contributed by atoms with Gasteiger partial charge in [-0.2, -0.15) is 0 Å². The molecule has 0 aromatic heterocycles. The van der Waals surface area contributed by atoms with E-state index in [9.17, 15) is 4.79 Å². The molecule has 1 rings (SSSR count). The van der Waals surface area contributed by atoms with Crippen molar-refractivity contribution in [3.8, 4) is 0 Å². The van der Waals surface area contributed by atoms with Gasteiger partial charge in [0.15, 0.2) is 0 Å². The molecular formula is C11H21NO3. The zero-order chi connectivity index (χ0) is 11.1. The second-order valence-corrected chi connectivity index (χ2v) is 4.13. The highest BCUT2D eigenvalue weighted by atomic mass is 16.5. The van der Waals surface area contributed by atoms with Gasteiger partial charge in [-0.25, -0.2) is 0 Å². The molecule has 0 aromatic rings. The summed E-state index contributed by atoms with van der Waals surface area (Å²) in [4.78, 5) is 11.6. The van der Waals surface area contributed by atoms with Gasteiger partial charge in [-0.05, 0) is 31.6 Å². The highest BCUT2D eigenvalue weighted by Gasteiger charge is 2.30. The smallest absolute Gasteiger partial charge is 0.249 e. The van der Waals surface area contributed by atoms with E-state index in [2.05, 4.69) is 5.32 Å². The zero-order valence-electron chi connectivity index (χ0n) is 9.37. The minimum Gasteiger partial charge on any atom is -0.396 e. The fourth-order valence-electron chi connectivity index (χ4n) is 1.76. The van der Waals surface area contributed by atoms with Crippen LogP contribution in [0.1, 0.15) is 32.6 Å². The van der Waals surface area contributed by atoms with Gasteiger partial charge in [0.05, 0.1) is 0 Å². The lowest BCUT2D eigenvalue weighted by Gasteiger charge is -2.14. The minimum atomic E-state index is -0.247. The number of nitrogens with one attached hydrogen (secondary N) is 1. The Morgan fingerprint density at radius 3 is 2.87 bits per heavy atom. The van der Waals surface area contributed by atoms with Gasteiger partial charge in [-0.1, -0.05) is 6.92 Å². The quantitative estimate of drug-likeness (QED) is 0.641. The molecule has 1 heterocycles. The molecule has 0 saturated carbocycles. The van der Waals surface area contributed by atoms with Crippen molar-refractivity contribution in [2.45, 2.75) is 38.7 Å². The van der Waals surface area contributed by atoms with Crippen LogP contribution in [0.25, 0.3) is 0 Å². The highest BCUT2D eigenvalue weighted by Crippen LogP contribution is 2.19. The van der Waals surface area contributed by atoms with E-state index in [1.807, 2.05) is 6.92 Å². The molecule has 15 heavy (non-hydrogen) atoms. The standard InChI is InChI=1S/C11H21NO3/c1-9-5-8-15-10(9)11(14)12-6-3-2-4-7-13/h9-10,13H,2-8H2,1H3,(H,12,14). The van der Waals surface area contributed by atoms with E-state index in [1.165, 1.54) is 0 Å². The number of carbonyl (C=O) groups excluding carboxylic acids is 1. The van der Waals surface area contributed by atoms with Crippen LogP contribution in [0.3, 0.4) is 0 Å². The first-order valence-corrected chi connectivity index (χ1v) is 5.76. The molecule has 1 aliphatic heterocycles. The SMILES string of the molecule is CC1CCOC1C(=O)NCCCCCO. The van der Waals surface area contributed by atoms with Crippen LogP contribution in [0.5, 0.6) is 0 Å². The van der Waals surface area contributed by atoms with Gasteiger partial charge in [-0.3, -0.25) is 4.79 Å². The third kappa shape index (κ3) is 4.18. The van der Waals surface area contributed by atoms with E-state index < -0.39 is 0 Å². The van der Waals surface area contributed by atoms with E-state index in [4.69, 9.17) is 9.84 Å². The molecule has 4 heteroatoms. The molecule has 1 aliphatic rings. The molecule has 0 aromatic carbocycles. The van der Waals surface area contributed by atoms with Crippen LogP contribution < -0.4 is 5.32 Å². The van der Waals surface area contributed by atoms with Crippen molar-refractivity contribution in [3.63, 3.8) is 0 Å². The van der Waals surface area contributed by atoms with Crippen LogP contribution >= 0.6 is 0 Å². The van der Waals surface area contributed by atoms with Gasteiger partial charge in [-0.15, -0.1) is 0 Å². The number of amides is 1. The number of aliphatic hydroxyl groups is 1. The van der Waals surface area contributed by atoms with E-state index >= 15 is 0 Å². The molecule has 2 atom stereocenters.